The number of nitrogens with one attached hydrogen (secondary N) is 1. The van der Waals surface area contributed by atoms with Gasteiger partial charge >= 0.3 is 0 Å². The summed E-state index contributed by atoms with van der Waals surface area (Å²) in [6.07, 6.45) is 1.09. The molecule has 4 nitrogen and oxygen atoms in total. The van der Waals surface area contributed by atoms with Crippen LogP contribution >= 0.6 is 0 Å². The summed E-state index contributed by atoms with van der Waals surface area (Å²) in [5, 5.41) is 3.41. The summed E-state index contributed by atoms with van der Waals surface area (Å²) in [7, 11) is 6.04. The summed E-state index contributed by atoms with van der Waals surface area (Å²) in [6.45, 7) is 8.22. The summed E-state index contributed by atoms with van der Waals surface area (Å²) in [5.41, 5.74) is 2.69. The topological polar surface area (TPSA) is 30.9 Å². The summed E-state index contributed by atoms with van der Waals surface area (Å²) >= 11 is 0. The van der Waals surface area contributed by atoms with Crippen LogP contribution in [-0.4, -0.2) is 56.5 Å². The normalized spacial score (nSPS) is 11.8. The predicted molar refractivity (Wildman–Crippen MR) is 91.8 cm³/mol. The van der Waals surface area contributed by atoms with E-state index in [4.69, 9.17) is 0 Å². The third-order valence-corrected chi connectivity index (χ3v) is 3.74. The van der Waals surface area contributed by atoms with E-state index in [9.17, 15) is 0 Å². The monoisotopic (exact) mass is 290 g/mol. The van der Waals surface area contributed by atoms with Gasteiger partial charge < -0.3 is 15.1 Å². The Balaban J connectivity index is 2.48. The molecule has 1 aromatic carbocycles. The molecule has 1 N–H and O–H groups in total. The third-order valence-electron chi connectivity index (χ3n) is 3.74. The fourth-order valence-corrected chi connectivity index (χ4v) is 2.13. The average molecular weight is 290 g/mol. The molecular weight excluding hydrogens is 260 g/mol. The first-order valence-electron chi connectivity index (χ1n) is 7.78. The fraction of sp³-hybridized carbons (Fsp3) is 0.588. The Morgan fingerprint density at radius 1 is 1.10 bits per heavy atom. The first-order chi connectivity index (χ1) is 10.1. The Labute approximate surface area is 129 Å². The van der Waals surface area contributed by atoms with Gasteiger partial charge in [-0.3, -0.25) is 4.99 Å². The van der Waals surface area contributed by atoms with Gasteiger partial charge in [-0.05, 0) is 31.1 Å². The van der Waals surface area contributed by atoms with E-state index >= 15 is 0 Å². The molecule has 4 heteroatoms. The maximum absolute atomic E-state index is 4.35. The Hall–Kier alpha value is -1.55. The SMILES string of the molecule is CCc1ccc(CN(C)C(=NC)NCCN(C)CC)cc1. The molecule has 1 aromatic rings. The second-order valence-corrected chi connectivity index (χ2v) is 5.40. The molecule has 0 spiro atoms. The number of aliphatic imine (C=N–C) groups is 1. The van der Waals surface area contributed by atoms with Crippen LogP contribution in [0.1, 0.15) is 25.0 Å². The first kappa shape index (κ1) is 17.5. The van der Waals surface area contributed by atoms with Gasteiger partial charge in [-0.15, -0.1) is 0 Å². The highest BCUT2D eigenvalue weighted by Gasteiger charge is 2.06. The minimum atomic E-state index is 0.868. The first-order valence-corrected chi connectivity index (χ1v) is 7.78. The standard InChI is InChI=1S/C17H30N4/c1-6-15-8-10-16(11-9-15)14-21(5)17(18-3)19-12-13-20(4)7-2/h8-11H,6-7,12-14H2,1-5H3,(H,18,19). The van der Waals surface area contributed by atoms with Gasteiger partial charge in [0, 0.05) is 33.7 Å². The number of aryl methyl sites for hydroxylation is 1. The van der Waals surface area contributed by atoms with Crippen molar-refractivity contribution >= 4 is 5.96 Å². The number of benzene rings is 1. The molecule has 0 fully saturated rings. The zero-order valence-corrected chi connectivity index (χ0v) is 14.2. The third kappa shape index (κ3) is 6.17. The van der Waals surface area contributed by atoms with Crippen LogP contribution in [0.5, 0.6) is 0 Å². The summed E-state index contributed by atoms with van der Waals surface area (Å²) < 4.78 is 0. The van der Waals surface area contributed by atoms with Gasteiger partial charge in [0.15, 0.2) is 5.96 Å². The molecule has 0 saturated carbocycles. The maximum Gasteiger partial charge on any atom is 0.193 e. The van der Waals surface area contributed by atoms with Crippen LogP contribution in [-0.2, 0) is 13.0 Å². The van der Waals surface area contributed by atoms with Crippen LogP contribution in [0.3, 0.4) is 0 Å². The van der Waals surface area contributed by atoms with Crippen LogP contribution < -0.4 is 5.32 Å². The lowest BCUT2D eigenvalue weighted by Crippen LogP contribution is -2.41. The highest BCUT2D eigenvalue weighted by Crippen LogP contribution is 2.07. The largest absolute Gasteiger partial charge is 0.355 e. The number of hydrogen-bond acceptors (Lipinski definition) is 2. The quantitative estimate of drug-likeness (QED) is 0.617. The van der Waals surface area contributed by atoms with E-state index in [1.54, 1.807) is 0 Å². The number of hydrogen-bond donors (Lipinski definition) is 1. The Kier molecular flexibility index (Phi) is 7.83. The van der Waals surface area contributed by atoms with E-state index in [1.165, 1.54) is 11.1 Å². The van der Waals surface area contributed by atoms with Crippen LogP contribution in [0.4, 0.5) is 0 Å². The molecule has 0 aliphatic rings. The number of rotatable bonds is 7. The second kappa shape index (κ2) is 9.40. The molecule has 0 saturated heterocycles. The van der Waals surface area contributed by atoms with Crippen molar-refractivity contribution in [1.82, 2.24) is 15.1 Å². The predicted octanol–water partition coefficient (Wildman–Crippen LogP) is 2.21. The molecule has 0 aromatic heterocycles. The fourth-order valence-electron chi connectivity index (χ4n) is 2.13. The lowest BCUT2D eigenvalue weighted by molar-refractivity contribution is 0.353. The van der Waals surface area contributed by atoms with Crippen molar-refractivity contribution in [2.45, 2.75) is 26.8 Å². The van der Waals surface area contributed by atoms with Crippen LogP contribution in [0.2, 0.25) is 0 Å². The highest BCUT2D eigenvalue weighted by atomic mass is 15.3. The molecule has 0 atom stereocenters. The lowest BCUT2D eigenvalue weighted by atomic mass is 10.1. The van der Waals surface area contributed by atoms with E-state index in [0.29, 0.717) is 0 Å². The summed E-state index contributed by atoms with van der Waals surface area (Å²) in [4.78, 5) is 8.79. The number of likely N-dealkylation sites (N-methyl/N-ethyl adjacent to an activating group) is 1. The van der Waals surface area contributed by atoms with Gasteiger partial charge in [0.25, 0.3) is 0 Å². The van der Waals surface area contributed by atoms with Crippen molar-refractivity contribution in [3.05, 3.63) is 35.4 Å². The zero-order chi connectivity index (χ0) is 15.7. The summed E-state index contributed by atoms with van der Waals surface area (Å²) in [6, 6.07) is 8.81. The molecular formula is C17H30N4. The van der Waals surface area contributed by atoms with Crippen molar-refractivity contribution in [3.63, 3.8) is 0 Å². The van der Waals surface area contributed by atoms with E-state index < -0.39 is 0 Å². The van der Waals surface area contributed by atoms with E-state index in [1.807, 2.05) is 7.05 Å². The smallest absolute Gasteiger partial charge is 0.193 e. The van der Waals surface area contributed by atoms with Crippen molar-refractivity contribution in [3.8, 4) is 0 Å². The Morgan fingerprint density at radius 3 is 2.24 bits per heavy atom. The minimum absolute atomic E-state index is 0.868. The van der Waals surface area contributed by atoms with Crippen molar-refractivity contribution in [1.29, 1.82) is 0 Å². The molecule has 0 bridgehead atoms. The molecule has 0 aliphatic heterocycles. The Morgan fingerprint density at radius 2 is 1.71 bits per heavy atom. The van der Waals surface area contributed by atoms with Gasteiger partial charge in [0.2, 0.25) is 0 Å². The maximum atomic E-state index is 4.35. The molecule has 21 heavy (non-hydrogen) atoms. The molecule has 0 radical (unpaired) electrons. The molecule has 0 unspecified atom stereocenters. The van der Waals surface area contributed by atoms with E-state index in [-0.39, 0.29) is 0 Å². The van der Waals surface area contributed by atoms with Crippen LogP contribution in [0, 0.1) is 0 Å². The number of nitrogens with zero attached hydrogens (tertiary/aromatic N) is 3. The van der Waals surface area contributed by atoms with Gasteiger partial charge in [-0.1, -0.05) is 38.1 Å². The van der Waals surface area contributed by atoms with Crippen LogP contribution in [0.15, 0.2) is 29.3 Å². The zero-order valence-electron chi connectivity index (χ0n) is 14.2. The summed E-state index contributed by atoms with van der Waals surface area (Å²) in [5.74, 6) is 0.944. The number of guanidine groups is 1. The molecule has 0 heterocycles. The van der Waals surface area contributed by atoms with Gasteiger partial charge in [-0.25, -0.2) is 0 Å². The molecule has 0 amide bonds. The molecule has 0 aliphatic carbocycles. The van der Waals surface area contributed by atoms with E-state index in [2.05, 4.69) is 72.3 Å². The van der Waals surface area contributed by atoms with Crippen molar-refractivity contribution < 1.29 is 0 Å². The van der Waals surface area contributed by atoms with Gasteiger partial charge in [-0.2, -0.15) is 0 Å². The van der Waals surface area contributed by atoms with Crippen molar-refractivity contribution in [2.24, 2.45) is 4.99 Å². The van der Waals surface area contributed by atoms with Crippen LogP contribution in [0.25, 0.3) is 0 Å². The second-order valence-electron chi connectivity index (χ2n) is 5.40. The Bertz CT molecular complexity index is 425. The average Bonchev–Trinajstić information content (AvgIpc) is 2.51. The van der Waals surface area contributed by atoms with Crippen molar-refractivity contribution in [2.75, 3.05) is 40.8 Å². The molecule has 1 rings (SSSR count). The minimum Gasteiger partial charge on any atom is -0.355 e. The lowest BCUT2D eigenvalue weighted by Gasteiger charge is -2.23. The van der Waals surface area contributed by atoms with E-state index in [0.717, 1.165) is 38.6 Å². The highest BCUT2D eigenvalue weighted by molar-refractivity contribution is 5.79. The molecule has 118 valence electrons. The van der Waals surface area contributed by atoms with Gasteiger partial charge in [0.1, 0.15) is 0 Å². The van der Waals surface area contributed by atoms with Gasteiger partial charge in [0.05, 0.1) is 0 Å².